The Balaban J connectivity index is 1.28. The molecular weight excluding hydrogens is 511 g/mol. The van der Waals surface area contributed by atoms with Gasteiger partial charge < -0.3 is 4.74 Å². The Morgan fingerprint density at radius 1 is 0.824 bits per heavy atom. The fraction of sp³-hybridized carbons (Fsp3) is 0. The highest BCUT2D eigenvalue weighted by molar-refractivity contribution is 7.22. The van der Waals surface area contributed by atoms with E-state index in [2.05, 4.69) is 10.5 Å². The number of nitrogens with one attached hydrogen (secondary N) is 1. The van der Waals surface area contributed by atoms with Crippen LogP contribution in [-0.2, 0) is 0 Å². The number of carbonyl (C=O) groups is 2. The second-order valence-corrected chi connectivity index (χ2v) is 10.0. The number of halogens is 2. The zero-order chi connectivity index (χ0) is 23.7. The molecule has 9 heteroatoms. The zero-order valence-corrected chi connectivity index (χ0v) is 20.4. The maximum atomic E-state index is 12.7. The molecule has 5 aromatic rings. The summed E-state index contributed by atoms with van der Waals surface area (Å²) in [7, 11) is 0. The van der Waals surface area contributed by atoms with Gasteiger partial charge in [0.15, 0.2) is 0 Å². The molecule has 1 N–H and O–H groups in total. The molecule has 0 saturated carbocycles. The van der Waals surface area contributed by atoms with Gasteiger partial charge in [0.2, 0.25) is 0 Å². The first-order chi connectivity index (χ1) is 16.5. The molecule has 0 atom stereocenters. The first-order valence-corrected chi connectivity index (χ1v) is 12.4. The molecule has 0 saturated heterocycles. The lowest BCUT2D eigenvalue weighted by Gasteiger charge is -2.04. The Labute approximate surface area is 212 Å². The fourth-order valence-electron chi connectivity index (χ4n) is 3.33. The van der Waals surface area contributed by atoms with Gasteiger partial charge in [-0.2, -0.15) is 5.10 Å². The highest BCUT2D eigenvalue weighted by Gasteiger charge is 2.19. The Morgan fingerprint density at radius 2 is 1.44 bits per heavy atom. The van der Waals surface area contributed by atoms with Crippen molar-refractivity contribution in [1.29, 1.82) is 0 Å². The van der Waals surface area contributed by atoms with Gasteiger partial charge in [0.05, 0.1) is 16.3 Å². The molecule has 34 heavy (non-hydrogen) atoms. The summed E-state index contributed by atoms with van der Waals surface area (Å²) in [6, 6.07) is 21.9. The number of hydrogen-bond acceptors (Lipinski definition) is 6. The maximum absolute atomic E-state index is 12.7. The first kappa shape index (κ1) is 22.6. The average molecular weight is 525 g/mol. The van der Waals surface area contributed by atoms with Crippen LogP contribution in [0.1, 0.15) is 24.9 Å². The Bertz CT molecular complexity index is 1590. The number of carbonyl (C=O) groups excluding carboxylic acids is 2. The Kier molecular flexibility index (Phi) is 6.34. The highest BCUT2D eigenvalue weighted by atomic mass is 35.5. The van der Waals surface area contributed by atoms with Gasteiger partial charge in [-0.15, -0.1) is 22.7 Å². The maximum Gasteiger partial charge on any atom is 0.355 e. The standard InChI is InChI=1S/C25H14Cl2N2O3S2/c26-20-16-8-1-3-10-18(16)33-22(20)24(30)29-28-13-14-6-5-7-15(12-14)32-25(31)23-21(27)17-9-2-4-11-19(17)34-23/h1-13H,(H,29,30). The third kappa shape index (κ3) is 4.43. The van der Waals surface area contributed by atoms with E-state index in [0.29, 0.717) is 31.1 Å². The summed E-state index contributed by atoms with van der Waals surface area (Å²) < 4.78 is 7.36. The van der Waals surface area contributed by atoms with Crippen LogP contribution in [0, 0.1) is 0 Å². The molecule has 0 fully saturated rings. The van der Waals surface area contributed by atoms with Gasteiger partial charge in [-0.05, 0) is 29.8 Å². The largest absolute Gasteiger partial charge is 0.422 e. The van der Waals surface area contributed by atoms with Gasteiger partial charge in [-0.25, -0.2) is 10.2 Å². The minimum absolute atomic E-state index is 0.335. The lowest BCUT2D eigenvalue weighted by Crippen LogP contribution is -2.16. The summed E-state index contributed by atoms with van der Waals surface area (Å²) in [6.07, 6.45) is 1.46. The van der Waals surface area contributed by atoms with Gasteiger partial charge in [0.25, 0.3) is 5.91 Å². The van der Waals surface area contributed by atoms with E-state index in [-0.39, 0.29) is 0 Å². The quantitative estimate of drug-likeness (QED) is 0.113. The van der Waals surface area contributed by atoms with Crippen molar-refractivity contribution in [3.8, 4) is 5.75 Å². The molecule has 2 heterocycles. The van der Waals surface area contributed by atoms with Gasteiger partial charge in [-0.3, -0.25) is 4.79 Å². The molecule has 5 rings (SSSR count). The minimum Gasteiger partial charge on any atom is -0.422 e. The third-order valence-corrected chi connectivity index (χ3v) is 8.24. The molecule has 0 aliphatic heterocycles. The topological polar surface area (TPSA) is 67.8 Å². The van der Waals surface area contributed by atoms with Crippen LogP contribution in [0.2, 0.25) is 10.0 Å². The molecule has 0 aliphatic carbocycles. The molecular formula is C25H14Cl2N2O3S2. The molecule has 0 unspecified atom stereocenters. The molecule has 5 nitrogen and oxygen atoms in total. The molecule has 0 bridgehead atoms. The zero-order valence-electron chi connectivity index (χ0n) is 17.2. The van der Waals surface area contributed by atoms with Crippen LogP contribution in [0.4, 0.5) is 0 Å². The Hall–Kier alpha value is -3.23. The van der Waals surface area contributed by atoms with Gasteiger partial charge in [-0.1, -0.05) is 71.7 Å². The van der Waals surface area contributed by atoms with Crippen LogP contribution < -0.4 is 10.2 Å². The van der Waals surface area contributed by atoms with Crippen molar-refractivity contribution in [2.45, 2.75) is 0 Å². The number of hydrazone groups is 1. The predicted molar refractivity (Wildman–Crippen MR) is 140 cm³/mol. The number of rotatable bonds is 5. The van der Waals surface area contributed by atoms with Crippen molar-refractivity contribution in [3.05, 3.63) is 98.2 Å². The number of esters is 1. The van der Waals surface area contributed by atoms with Crippen molar-refractivity contribution in [2.24, 2.45) is 5.10 Å². The number of nitrogens with zero attached hydrogens (tertiary/aromatic N) is 1. The number of hydrogen-bond donors (Lipinski definition) is 1. The number of amides is 1. The number of benzene rings is 3. The summed E-state index contributed by atoms with van der Waals surface area (Å²) in [4.78, 5) is 25.9. The van der Waals surface area contributed by atoms with E-state index in [9.17, 15) is 9.59 Å². The third-order valence-electron chi connectivity index (χ3n) is 4.91. The molecule has 0 spiro atoms. The van der Waals surface area contributed by atoms with Crippen molar-refractivity contribution in [1.82, 2.24) is 5.43 Å². The van der Waals surface area contributed by atoms with Crippen molar-refractivity contribution in [2.75, 3.05) is 0 Å². The lowest BCUT2D eigenvalue weighted by atomic mass is 10.2. The Morgan fingerprint density at radius 3 is 2.12 bits per heavy atom. The first-order valence-electron chi connectivity index (χ1n) is 10.0. The van der Waals surface area contributed by atoms with Gasteiger partial charge in [0.1, 0.15) is 15.5 Å². The second-order valence-electron chi connectivity index (χ2n) is 7.14. The highest BCUT2D eigenvalue weighted by Crippen LogP contribution is 2.36. The summed E-state index contributed by atoms with van der Waals surface area (Å²) in [5.74, 6) is -0.598. The van der Waals surface area contributed by atoms with Crippen molar-refractivity contribution < 1.29 is 14.3 Å². The van der Waals surface area contributed by atoms with E-state index in [1.54, 1.807) is 24.3 Å². The SMILES string of the molecule is O=C(NN=Cc1cccc(OC(=O)c2sc3ccccc3c2Cl)c1)c1sc2ccccc2c1Cl. The monoisotopic (exact) mass is 524 g/mol. The molecule has 0 aliphatic rings. The minimum atomic E-state index is -0.534. The van der Waals surface area contributed by atoms with Crippen LogP contribution in [0.15, 0.2) is 77.9 Å². The van der Waals surface area contributed by atoms with Crippen molar-refractivity contribution >= 4 is 84.1 Å². The summed E-state index contributed by atoms with van der Waals surface area (Å²) in [6.45, 7) is 0. The van der Waals surface area contributed by atoms with E-state index >= 15 is 0 Å². The van der Waals surface area contributed by atoms with E-state index in [1.165, 1.54) is 28.9 Å². The fourth-order valence-corrected chi connectivity index (χ4v) is 6.13. The van der Waals surface area contributed by atoms with Crippen molar-refractivity contribution in [3.63, 3.8) is 0 Å². The van der Waals surface area contributed by atoms with Crippen LogP contribution in [-0.4, -0.2) is 18.1 Å². The van der Waals surface area contributed by atoms with Crippen LogP contribution in [0.3, 0.4) is 0 Å². The molecule has 3 aromatic carbocycles. The van der Waals surface area contributed by atoms with E-state index in [0.717, 1.165) is 20.2 Å². The van der Waals surface area contributed by atoms with E-state index in [1.807, 2.05) is 48.5 Å². The van der Waals surface area contributed by atoms with Gasteiger partial charge >= 0.3 is 5.97 Å². The molecule has 1 amide bonds. The number of fused-ring (bicyclic) bond motifs is 2. The molecule has 2 aromatic heterocycles. The smallest absolute Gasteiger partial charge is 0.355 e. The average Bonchev–Trinajstić information content (AvgIpc) is 3.37. The van der Waals surface area contributed by atoms with Gasteiger partial charge in [0, 0.05) is 20.2 Å². The summed E-state index contributed by atoms with van der Waals surface area (Å²) >= 11 is 15.3. The van der Waals surface area contributed by atoms with E-state index < -0.39 is 11.9 Å². The van der Waals surface area contributed by atoms with E-state index in [4.69, 9.17) is 27.9 Å². The van der Waals surface area contributed by atoms with Crippen LogP contribution in [0.5, 0.6) is 5.75 Å². The van der Waals surface area contributed by atoms with Crippen LogP contribution >= 0.6 is 45.9 Å². The number of thiophene rings is 2. The second kappa shape index (κ2) is 9.56. The summed E-state index contributed by atoms with van der Waals surface area (Å²) in [5, 5.41) is 6.45. The summed E-state index contributed by atoms with van der Waals surface area (Å²) in [5.41, 5.74) is 3.13. The predicted octanol–water partition coefficient (Wildman–Crippen LogP) is 7.41. The molecule has 168 valence electrons. The normalized spacial score (nSPS) is 11.4. The lowest BCUT2D eigenvalue weighted by molar-refractivity contribution is 0.0740. The molecule has 0 radical (unpaired) electrons. The number of ether oxygens (including phenoxy) is 1. The van der Waals surface area contributed by atoms with Crippen LogP contribution in [0.25, 0.3) is 20.2 Å².